The summed E-state index contributed by atoms with van der Waals surface area (Å²) in [6.07, 6.45) is 3.52. The van der Waals surface area contributed by atoms with Crippen molar-refractivity contribution >= 4 is 26.0 Å². The molecule has 0 saturated carbocycles. The molecule has 1 unspecified atom stereocenters. The van der Waals surface area contributed by atoms with E-state index in [-0.39, 0.29) is 10.9 Å². The highest BCUT2D eigenvalue weighted by molar-refractivity contribution is 9.09. The van der Waals surface area contributed by atoms with Gasteiger partial charge in [0.25, 0.3) is 0 Å². The average Bonchev–Trinajstić information content (AvgIpc) is 2.48. The zero-order chi connectivity index (χ0) is 14.4. The molecule has 6 heteroatoms. The van der Waals surface area contributed by atoms with Crippen LogP contribution in [0.4, 0.5) is 0 Å². The van der Waals surface area contributed by atoms with Gasteiger partial charge in [0.05, 0.1) is 0 Å². The molecule has 1 atom stereocenters. The van der Waals surface area contributed by atoms with Gasteiger partial charge in [0.1, 0.15) is 4.90 Å². The van der Waals surface area contributed by atoms with Crippen LogP contribution in [0.15, 0.2) is 59.8 Å². The predicted molar refractivity (Wildman–Crippen MR) is 82.3 cm³/mol. The molecule has 2 rings (SSSR count). The van der Waals surface area contributed by atoms with Crippen molar-refractivity contribution in [3.63, 3.8) is 0 Å². The average molecular weight is 355 g/mol. The fraction of sp³-hybridized carbons (Fsp3) is 0.214. The summed E-state index contributed by atoms with van der Waals surface area (Å²) in [6, 6.07) is 12.7. The minimum absolute atomic E-state index is 0.180. The molecule has 0 fully saturated rings. The number of sulfonamides is 1. The van der Waals surface area contributed by atoms with Crippen molar-refractivity contribution in [1.29, 1.82) is 0 Å². The van der Waals surface area contributed by atoms with Crippen LogP contribution in [0.3, 0.4) is 0 Å². The Bertz CT molecular complexity index is 633. The third-order valence-electron chi connectivity index (χ3n) is 2.78. The van der Waals surface area contributed by atoms with E-state index in [1.165, 1.54) is 12.3 Å². The molecule has 0 aliphatic rings. The molecule has 0 aliphatic carbocycles. The van der Waals surface area contributed by atoms with Crippen LogP contribution in [0.2, 0.25) is 0 Å². The van der Waals surface area contributed by atoms with Crippen LogP contribution in [0, 0.1) is 0 Å². The summed E-state index contributed by atoms with van der Waals surface area (Å²) in [5, 5.41) is 0.543. The van der Waals surface area contributed by atoms with Crippen LogP contribution in [0.1, 0.15) is 5.56 Å². The summed E-state index contributed by atoms with van der Waals surface area (Å²) >= 11 is 3.36. The van der Waals surface area contributed by atoms with Crippen LogP contribution in [-0.2, 0) is 16.4 Å². The number of halogens is 1. The molecule has 1 aromatic heterocycles. The van der Waals surface area contributed by atoms with E-state index in [2.05, 4.69) is 25.6 Å². The number of nitrogens with zero attached hydrogens (tertiary/aromatic N) is 1. The Hall–Kier alpha value is -1.24. The molecule has 0 amide bonds. The van der Waals surface area contributed by atoms with Crippen molar-refractivity contribution in [2.45, 2.75) is 17.4 Å². The van der Waals surface area contributed by atoms with Crippen molar-refractivity contribution < 1.29 is 8.42 Å². The number of alkyl halides is 1. The molecule has 0 bridgehead atoms. The Labute approximate surface area is 127 Å². The summed E-state index contributed by atoms with van der Waals surface area (Å²) in [6.45, 7) is 0. The van der Waals surface area contributed by atoms with E-state index in [4.69, 9.17) is 0 Å². The van der Waals surface area contributed by atoms with Gasteiger partial charge >= 0.3 is 0 Å². The number of hydrogen-bond donors (Lipinski definition) is 1. The maximum Gasteiger partial charge on any atom is 0.242 e. The van der Waals surface area contributed by atoms with E-state index >= 15 is 0 Å². The Morgan fingerprint density at radius 3 is 2.50 bits per heavy atom. The maximum atomic E-state index is 12.2. The third-order valence-corrected chi connectivity index (χ3v) is 5.07. The van der Waals surface area contributed by atoms with E-state index in [1.807, 2.05) is 30.3 Å². The van der Waals surface area contributed by atoms with Crippen LogP contribution < -0.4 is 4.72 Å². The Morgan fingerprint density at radius 2 is 1.90 bits per heavy atom. The Morgan fingerprint density at radius 1 is 1.15 bits per heavy atom. The van der Waals surface area contributed by atoms with Crippen LogP contribution in [0.5, 0.6) is 0 Å². The summed E-state index contributed by atoms with van der Waals surface area (Å²) in [7, 11) is -3.53. The van der Waals surface area contributed by atoms with Gasteiger partial charge < -0.3 is 0 Å². The highest BCUT2D eigenvalue weighted by Crippen LogP contribution is 2.10. The summed E-state index contributed by atoms with van der Waals surface area (Å²) in [5.41, 5.74) is 1.09. The van der Waals surface area contributed by atoms with Gasteiger partial charge in [0, 0.05) is 23.8 Å². The van der Waals surface area contributed by atoms with Crippen LogP contribution in [-0.4, -0.2) is 24.8 Å². The van der Waals surface area contributed by atoms with Gasteiger partial charge in [-0.05, 0) is 24.1 Å². The van der Waals surface area contributed by atoms with Crippen molar-refractivity contribution in [2.24, 2.45) is 0 Å². The lowest BCUT2D eigenvalue weighted by Gasteiger charge is -2.16. The number of aromatic nitrogens is 1. The summed E-state index contributed by atoms with van der Waals surface area (Å²) in [4.78, 5) is 4.02. The number of hydrogen-bond acceptors (Lipinski definition) is 3. The number of pyridine rings is 1. The minimum atomic E-state index is -3.53. The zero-order valence-corrected chi connectivity index (χ0v) is 13.1. The molecule has 2 aromatic rings. The van der Waals surface area contributed by atoms with Crippen molar-refractivity contribution in [2.75, 3.05) is 5.33 Å². The molecule has 0 spiro atoms. The molecule has 1 N–H and O–H groups in total. The normalized spacial score (nSPS) is 13.1. The molecular formula is C14H15BrN2O2S. The maximum absolute atomic E-state index is 12.2. The highest BCUT2D eigenvalue weighted by atomic mass is 79.9. The fourth-order valence-corrected chi connectivity index (χ4v) is 3.62. The van der Waals surface area contributed by atoms with Gasteiger partial charge in [-0.3, -0.25) is 4.98 Å². The molecule has 1 aromatic carbocycles. The largest absolute Gasteiger partial charge is 0.263 e. The van der Waals surface area contributed by atoms with Crippen molar-refractivity contribution in [3.8, 4) is 0 Å². The molecule has 0 saturated heterocycles. The van der Waals surface area contributed by atoms with E-state index in [0.29, 0.717) is 11.8 Å². The standard InChI is InChI=1S/C14H15BrN2O2S/c15-10-13(9-12-5-2-1-3-6-12)17-20(18,19)14-7-4-8-16-11-14/h1-8,11,13,17H,9-10H2. The zero-order valence-electron chi connectivity index (χ0n) is 10.7. The monoisotopic (exact) mass is 354 g/mol. The number of nitrogens with one attached hydrogen (secondary N) is 1. The summed E-state index contributed by atoms with van der Waals surface area (Å²) in [5.74, 6) is 0. The Balaban J connectivity index is 2.10. The van der Waals surface area contributed by atoms with Gasteiger partial charge in [-0.25, -0.2) is 13.1 Å². The molecule has 106 valence electrons. The lowest BCUT2D eigenvalue weighted by atomic mass is 10.1. The van der Waals surface area contributed by atoms with E-state index in [1.54, 1.807) is 12.3 Å². The number of benzene rings is 1. The van der Waals surface area contributed by atoms with Crippen LogP contribution in [0.25, 0.3) is 0 Å². The second-order valence-corrected chi connectivity index (χ2v) is 6.71. The van der Waals surface area contributed by atoms with E-state index < -0.39 is 10.0 Å². The lowest BCUT2D eigenvalue weighted by molar-refractivity contribution is 0.562. The molecule has 0 aliphatic heterocycles. The molecule has 1 heterocycles. The number of rotatable bonds is 6. The topological polar surface area (TPSA) is 59.1 Å². The summed E-state index contributed by atoms with van der Waals surface area (Å²) < 4.78 is 27.1. The first-order valence-electron chi connectivity index (χ1n) is 6.14. The lowest BCUT2D eigenvalue weighted by Crippen LogP contribution is -2.37. The van der Waals surface area contributed by atoms with Gasteiger partial charge in [-0.1, -0.05) is 46.3 Å². The van der Waals surface area contributed by atoms with Gasteiger partial charge in [0.15, 0.2) is 0 Å². The van der Waals surface area contributed by atoms with E-state index in [9.17, 15) is 8.42 Å². The van der Waals surface area contributed by atoms with Gasteiger partial charge in [-0.2, -0.15) is 0 Å². The highest BCUT2D eigenvalue weighted by Gasteiger charge is 2.19. The predicted octanol–water partition coefficient (Wildman–Crippen LogP) is 2.37. The molecule has 0 radical (unpaired) electrons. The fourth-order valence-electron chi connectivity index (χ4n) is 1.82. The van der Waals surface area contributed by atoms with E-state index in [0.717, 1.165) is 5.56 Å². The molecule has 4 nitrogen and oxygen atoms in total. The first kappa shape index (κ1) is 15.2. The second kappa shape index (κ2) is 6.97. The quantitative estimate of drug-likeness (QED) is 0.810. The minimum Gasteiger partial charge on any atom is -0.263 e. The second-order valence-electron chi connectivity index (χ2n) is 4.35. The van der Waals surface area contributed by atoms with Gasteiger partial charge in [-0.15, -0.1) is 0 Å². The van der Waals surface area contributed by atoms with Gasteiger partial charge in [0.2, 0.25) is 10.0 Å². The third kappa shape index (κ3) is 4.13. The Kier molecular flexibility index (Phi) is 5.28. The SMILES string of the molecule is O=S(=O)(NC(CBr)Cc1ccccc1)c1cccnc1. The first-order chi connectivity index (χ1) is 9.62. The first-order valence-corrected chi connectivity index (χ1v) is 8.74. The smallest absolute Gasteiger partial charge is 0.242 e. The molecule has 20 heavy (non-hydrogen) atoms. The van der Waals surface area contributed by atoms with Crippen molar-refractivity contribution in [3.05, 3.63) is 60.4 Å². The van der Waals surface area contributed by atoms with Crippen LogP contribution >= 0.6 is 15.9 Å². The molecular weight excluding hydrogens is 340 g/mol. The van der Waals surface area contributed by atoms with Crippen molar-refractivity contribution in [1.82, 2.24) is 9.71 Å².